The van der Waals surface area contributed by atoms with Crippen LogP contribution in [0.2, 0.25) is 0 Å². The van der Waals surface area contributed by atoms with Gasteiger partial charge in [-0.25, -0.2) is 0 Å². The highest BCUT2D eigenvalue weighted by molar-refractivity contribution is 5.14. The summed E-state index contributed by atoms with van der Waals surface area (Å²) in [5.74, 6) is 0. The molecule has 1 aliphatic carbocycles. The average molecular weight is 205 g/mol. The Bertz CT molecular complexity index is 280. The van der Waals surface area contributed by atoms with E-state index < -0.39 is 0 Å². The Balaban J connectivity index is 1.56. The third-order valence-corrected chi connectivity index (χ3v) is 2.94. The minimum absolute atomic E-state index is 0.393. The lowest BCUT2D eigenvalue weighted by atomic mass is 9.90. The highest BCUT2D eigenvalue weighted by Gasteiger charge is 2.25. The molecule has 1 aromatic carbocycles. The van der Waals surface area contributed by atoms with Gasteiger partial charge in [0.15, 0.2) is 0 Å². The van der Waals surface area contributed by atoms with Crippen molar-refractivity contribution in [1.29, 1.82) is 0 Å². The molecule has 0 atom stereocenters. The first kappa shape index (κ1) is 10.7. The van der Waals surface area contributed by atoms with Crippen molar-refractivity contribution in [3.8, 4) is 0 Å². The Labute approximate surface area is 91.4 Å². The summed E-state index contributed by atoms with van der Waals surface area (Å²) < 4.78 is 5.69. The number of rotatable bonds is 5. The number of ether oxygens (including phenoxy) is 1. The first-order chi connectivity index (χ1) is 7.34. The van der Waals surface area contributed by atoms with Crippen molar-refractivity contribution in [1.82, 2.24) is 0 Å². The van der Waals surface area contributed by atoms with E-state index in [2.05, 4.69) is 30.3 Å². The Morgan fingerprint density at radius 2 is 1.93 bits per heavy atom. The van der Waals surface area contributed by atoms with E-state index in [0.717, 1.165) is 32.3 Å². The minimum atomic E-state index is 0.393. The number of hydrogen-bond acceptors (Lipinski definition) is 2. The number of aryl methyl sites for hydroxylation is 1. The van der Waals surface area contributed by atoms with Crippen molar-refractivity contribution >= 4 is 0 Å². The van der Waals surface area contributed by atoms with Crippen LogP contribution in [0.1, 0.15) is 24.8 Å². The summed E-state index contributed by atoms with van der Waals surface area (Å²) in [7, 11) is 0. The fourth-order valence-electron chi connectivity index (χ4n) is 1.91. The molecule has 82 valence electrons. The van der Waals surface area contributed by atoms with Crippen molar-refractivity contribution in [3.63, 3.8) is 0 Å². The predicted octanol–water partition coefficient (Wildman–Crippen LogP) is 2.13. The van der Waals surface area contributed by atoms with Crippen LogP contribution in [-0.2, 0) is 11.2 Å². The van der Waals surface area contributed by atoms with Crippen LogP contribution in [0.5, 0.6) is 0 Å². The number of benzene rings is 1. The van der Waals surface area contributed by atoms with Crippen LogP contribution in [0.4, 0.5) is 0 Å². The van der Waals surface area contributed by atoms with Crippen molar-refractivity contribution < 1.29 is 4.74 Å². The maximum absolute atomic E-state index is 5.69. The molecule has 2 heteroatoms. The van der Waals surface area contributed by atoms with Crippen molar-refractivity contribution in [2.75, 3.05) is 6.61 Å². The molecule has 0 unspecified atom stereocenters. The summed E-state index contributed by atoms with van der Waals surface area (Å²) in [5, 5.41) is 0. The van der Waals surface area contributed by atoms with E-state index in [-0.39, 0.29) is 0 Å². The topological polar surface area (TPSA) is 35.2 Å². The molecule has 1 aliphatic rings. The molecule has 0 amide bonds. The maximum Gasteiger partial charge on any atom is 0.0604 e. The number of nitrogens with two attached hydrogens (primary N) is 1. The van der Waals surface area contributed by atoms with E-state index in [1.54, 1.807) is 0 Å². The van der Waals surface area contributed by atoms with E-state index in [1.165, 1.54) is 5.56 Å². The zero-order valence-corrected chi connectivity index (χ0v) is 9.06. The van der Waals surface area contributed by atoms with Crippen LogP contribution in [0.25, 0.3) is 0 Å². The van der Waals surface area contributed by atoms with Gasteiger partial charge in [0, 0.05) is 12.6 Å². The van der Waals surface area contributed by atoms with Gasteiger partial charge in [-0.3, -0.25) is 0 Å². The van der Waals surface area contributed by atoms with Gasteiger partial charge in [0.05, 0.1) is 6.10 Å². The molecule has 2 rings (SSSR count). The number of hydrogen-bond donors (Lipinski definition) is 1. The second kappa shape index (κ2) is 5.29. The van der Waals surface area contributed by atoms with E-state index in [1.807, 2.05) is 0 Å². The van der Waals surface area contributed by atoms with Crippen molar-refractivity contribution in [2.24, 2.45) is 5.73 Å². The molecule has 2 nitrogen and oxygen atoms in total. The molecule has 15 heavy (non-hydrogen) atoms. The standard InChI is InChI=1S/C13H19NO/c14-12-9-13(10-12)15-8-4-7-11-5-2-1-3-6-11/h1-3,5-6,12-13H,4,7-10,14H2. The molecule has 1 aromatic rings. The van der Waals surface area contributed by atoms with Gasteiger partial charge in [0.1, 0.15) is 0 Å². The zero-order chi connectivity index (χ0) is 10.5. The normalized spacial score (nSPS) is 24.9. The quantitative estimate of drug-likeness (QED) is 0.747. The Morgan fingerprint density at radius 3 is 2.60 bits per heavy atom. The molecule has 1 saturated carbocycles. The summed E-state index contributed by atoms with van der Waals surface area (Å²) in [6, 6.07) is 10.9. The van der Waals surface area contributed by atoms with Crippen LogP contribution >= 0.6 is 0 Å². The van der Waals surface area contributed by atoms with Crippen LogP contribution in [0.15, 0.2) is 30.3 Å². The van der Waals surface area contributed by atoms with Gasteiger partial charge in [-0.1, -0.05) is 30.3 Å². The molecule has 0 aromatic heterocycles. The lowest BCUT2D eigenvalue weighted by molar-refractivity contribution is -0.00908. The van der Waals surface area contributed by atoms with Gasteiger partial charge < -0.3 is 10.5 Å². The second-order valence-electron chi connectivity index (χ2n) is 4.31. The zero-order valence-electron chi connectivity index (χ0n) is 9.06. The van der Waals surface area contributed by atoms with E-state index in [0.29, 0.717) is 12.1 Å². The highest BCUT2D eigenvalue weighted by Crippen LogP contribution is 2.21. The fraction of sp³-hybridized carbons (Fsp3) is 0.538. The Morgan fingerprint density at radius 1 is 1.20 bits per heavy atom. The summed E-state index contributed by atoms with van der Waals surface area (Å²) in [5.41, 5.74) is 7.08. The molecule has 2 N–H and O–H groups in total. The summed E-state index contributed by atoms with van der Waals surface area (Å²) in [4.78, 5) is 0. The monoisotopic (exact) mass is 205 g/mol. The SMILES string of the molecule is NC1CC(OCCCc2ccccc2)C1. The van der Waals surface area contributed by atoms with E-state index in [9.17, 15) is 0 Å². The van der Waals surface area contributed by atoms with E-state index in [4.69, 9.17) is 10.5 Å². The largest absolute Gasteiger partial charge is 0.378 e. The minimum Gasteiger partial charge on any atom is -0.378 e. The average Bonchev–Trinajstić information content (AvgIpc) is 2.23. The van der Waals surface area contributed by atoms with Gasteiger partial charge in [-0.15, -0.1) is 0 Å². The first-order valence-electron chi connectivity index (χ1n) is 5.75. The van der Waals surface area contributed by atoms with Gasteiger partial charge in [-0.2, -0.15) is 0 Å². The molecule has 0 bridgehead atoms. The van der Waals surface area contributed by atoms with Crippen LogP contribution < -0.4 is 5.73 Å². The molecule has 0 saturated heterocycles. The van der Waals surface area contributed by atoms with Crippen LogP contribution in [-0.4, -0.2) is 18.8 Å². The molecule has 0 heterocycles. The molecular formula is C13H19NO. The Hall–Kier alpha value is -0.860. The summed E-state index contributed by atoms with van der Waals surface area (Å²) >= 11 is 0. The maximum atomic E-state index is 5.69. The molecule has 1 fully saturated rings. The van der Waals surface area contributed by atoms with Gasteiger partial charge in [0.2, 0.25) is 0 Å². The second-order valence-corrected chi connectivity index (χ2v) is 4.31. The van der Waals surface area contributed by atoms with E-state index >= 15 is 0 Å². The van der Waals surface area contributed by atoms with Crippen molar-refractivity contribution in [3.05, 3.63) is 35.9 Å². The lowest BCUT2D eigenvalue weighted by Crippen LogP contribution is -2.41. The first-order valence-corrected chi connectivity index (χ1v) is 5.75. The molecular weight excluding hydrogens is 186 g/mol. The molecule has 0 spiro atoms. The van der Waals surface area contributed by atoms with Gasteiger partial charge in [-0.05, 0) is 31.2 Å². The summed E-state index contributed by atoms with van der Waals surface area (Å²) in [6.45, 7) is 0.867. The van der Waals surface area contributed by atoms with Crippen LogP contribution in [0, 0.1) is 0 Å². The third kappa shape index (κ3) is 3.33. The van der Waals surface area contributed by atoms with Gasteiger partial charge >= 0.3 is 0 Å². The summed E-state index contributed by atoms with van der Waals surface area (Å²) in [6.07, 6.45) is 4.75. The highest BCUT2D eigenvalue weighted by atomic mass is 16.5. The van der Waals surface area contributed by atoms with Crippen molar-refractivity contribution in [2.45, 2.75) is 37.8 Å². The van der Waals surface area contributed by atoms with Gasteiger partial charge in [0.25, 0.3) is 0 Å². The smallest absolute Gasteiger partial charge is 0.0604 e. The Kier molecular flexibility index (Phi) is 3.75. The third-order valence-electron chi connectivity index (χ3n) is 2.94. The molecule has 0 aliphatic heterocycles. The van der Waals surface area contributed by atoms with Crippen LogP contribution in [0.3, 0.4) is 0 Å². The predicted molar refractivity (Wildman–Crippen MR) is 61.7 cm³/mol. The fourth-order valence-corrected chi connectivity index (χ4v) is 1.91. The molecule has 0 radical (unpaired) electrons. The lowest BCUT2D eigenvalue weighted by Gasteiger charge is -2.32.